The van der Waals surface area contributed by atoms with Crippen LogP contribution in [-0.4, -0.2) is 49.6 Å². The maximum Gasteiger partial charge on any atom is 0.222 e. The zero-order valence-corrected chi connectivity index (χ0v) is 18.2. The summed E-state index contributed by atoms with van der Waals surface area (Å²) in [4.78, 5) is 26.6. The summed E-state index contributed by atoms with van der Waals surface area (Å²) >= 11 is 5.95. The average Bonchev–Trinajstić information content (AvgIpc) is 2.74. The van der Waals surface area contributed by atoms with E-state index in [1.54, 1.807) is 30.3 Å². The number of halogens is 2. The van der Waals surface area contributed by atoms with Crippen molar-refractivity contribution in [2.75, 3.05) is 32.8 Å². The Balaban J connectivity index is 1.68. The SMILES string of the molecule is CC(=O)NC(CC(=O)NCC(c1cccc(F)c1)N1CCOCC1)c1ccc(Cl)cc1. The van der Waals surface area contributed by atoms with Gasteiger partial charge in [0.1, 0.15) is 5.82 Å². The molecule has 31 heavy (non-hydrogen) atoms. The minimum absolute atomic E-state index is 0.0835. The lowest BCUT2D eigenvalue weighted by Crippen LogP contribution is -2.44. The molecule has 0 saturated carbocycles. The number of morpholine rings is 1. The third-order valence-corrected chi connectivity index (χ3v) is 5.50. The number of ether oxygens (including phenoxy) is 1. The molecule has 2 atom stereocenters. The number of nitrogens with zero attached hydrogens (tertiary/aromatic N) is 1. The van der Waals surface area contributed by atoms with Gasteiger partial charge in [0.2, 0.25) is 11.8 Å². The van der Waals surface area contributed by atoms with Crippen molar-refractivity contribution >= 4 is 23.4 Å². The molecule has 2 aromatic carbocycles. The maximum atomic E-state index is 13.8. The van der Waals surface area contributed by atoms with Crippen LogP contribution in [0.5, 0.6) is 0 Å². The smallest absolute Gasteiger partial charge is 0.222 e. The standard InChI is InChI=1S/C23H27ClFN3O3/c1-16(29)27-21(17-5-7-19(24)8-6-17)14-23(30)26-15-22(28-9-11-31-12-10-28)18-3-2-4-20(25)13-18/h2-8,13,21-22H,9-12,14-15H2,1H3,(H,26,30)(H,27,29). The molecule has 1 aliphatic heterocycles. The van der Waals surface area contributed by atoms with E-state index in [-0.39, 0.29) is 30.1 Å². The van der Waals surface area contributed by atoms with Crippen LogP contribution >= 0.6 is 11.6 Å². The van der Waals surface area contributed by atoms with Gasteiger partial charge in [-0.2, -0.15) is 0 Å². The summed E-state index contributed by atoms with van der Waals surface area (Å²) in [6.45, 7) is 4.35. The molecule has 1 aliphatic rings. The molecule has 0 aliphatic carbocycles. The van der Waals surface area contributed by atoms with Crippen molar-refractivity contribution in [3.8, 4) is 0 Å². The van der Waals surface area contributed by atoms with Crippen molar-refractivity contribution in [1.29, 1.82) is 0 Å². The van der Waals surface area contributed by atoms with Gasteiger partial charge in [0.05, 0.1) is 31.7 Å². The molecule has 1 fully saturated rings. The molecule has 2 amide bonds. The van der Waals surface area contributed by atoms with Gasteiger partial charge in [-0.15, -0.1) is 0 Å². The van der Waals surface area contributed by atoms with Crippen LogP contribution in [-0.2, 0) is 14.3 Å². The molecule has 6 nitrogen and oxygen atoms in total. The predicted octanol–water partition coefficient (Wildman–Crippen LogP) is 3.24. The minimum atomic E-state index is -0.467. The number of benzene rings is 2. The highest BCUT2D eigenvalue weighted by Crippen LogP contribution is 2.23. The molecular formula is C23H27ClFN3O3. The molecule has 1 heterocycles. The summed E-state index contributed by atoms with van der Waals surface area (Å²) in [7, 11) is 0. The quantitative estimate of drug-likeness (QED) is 0.651. The predicted molar refractivity (Wildman–Crippen MR) is 117 cm³/mol. The van der Waals surface area contributed by atoms with Crippen molar-refractivity contribution in [3.63, 3.8) is 0 Å². The first-order chi connectivity index (χ1) is 14.9. The normalized spacial score (nSPS) is 16.4. The van der Waals surface area contributed by atoms with E-state index >= 15 is 0 Å². The second-order valence-corrected chi connectivity index (χ2v) is 7.97. The van der Waals surface area contributed by atoms with E-state index in [4.69, 9.17) is 16.3 Å². The Kier molecular flexibility index (Phi) is 8.40. The van der Waals surface area contributed by atoms with Crippen molar-refractivity contribution in [2.45, 2.75) is 25.4 Å². The second-order valence-electron chi connectivity index (χ2n) is 7.53. The highest BCUT2D eigenvalue weighted by molar-refractivity contribution is 6.30. The first-order valence-electron chi connectivity index (χ1n) is 10.3. The third-order valence-electron chi connectivity index (χ3n) is 5.25. The van der Waals surface area contributed by atoms with Crippen molar-refractivity contribution in [2.24, 2.45) is 0 Å². The van der Waals surface area contributed by atoms with Crippen molar-refractivity contribution in [1.82, 2.24) is 15.5 Å². The van der Waals surface area contributed by atoms with E-state index in [1.165, 1.54) is 19.1 Å². The molecule has 2 aromatic rings. The average molecular weight is 448 g/mol. The van der Waals surface area contributed by atoms with Crippen LogP contribution in [0.4, 0.5) is 4.39 Å². The zero-order valence-electron chi connectivity index (χ0n) is 17.4. The van der Waals surface area contributed by atoms with Gasteiger partial charge in [-0.3, -0.25) is 14.5 Å². The van der Waals surface area contributed by atoms with Gasteiger partial charge in [-0.25, -0.2) is 4.39 Å². The largest absolute Gasteiger partial charge is 0.379 e. The number of hydrogen-bond donors (Lipinski definition) is 2. The summed E-state index contributed by atoms with van der Waals surface area (Å²) in [6, 6.07) is 12.8. The lowest BCUT2D eigenvalue weighted by Gasteiger charge is -2.35. The molecular weight excluding hydrogens is 421 g/mol. The fourth-order valence-electron chi connectivity index (χ4n) is 3.72. The number of amides is 2. The molecule has 2 N–H and O–H groups in total. The highest BCUT2D eigenvalue weighted by atomic mass is 35.5. The van der Waals surface area contributed by atoms with Gasteiger partial charge >= 0.3 is 0 Å². The Hall–Kier alpha value is -2.48. The van der Waals surface area contributed by atoms with Gasteiger partial charge in [0, 0.05) is 31.6 Å². The fourth-order valence-corrected chi connectivity index (χ4v) is 3.85. The van der Waals surface area contributed by atoms with Gasteiger partial charge in [0.15, 0.2) is 0 Å². The number of hydrogen-bond acceptors (Lipinski definition) is 4. The second kappa shape index (κ2) is 11.2. The fraction of sp³-hybridized carbons (Fsp3) is 0.391. The van der Waals surface area contributed by atoms with Crippen molar-refractivity contribution < 1.29 is 18.7 Å². The molecule has 0 aromatic heterocycles. The van der Waals surface area contributed by atoms with E-state index in [2.05, 4.69) is 15.5 Å². The third kappa shape index (κ3) is 7.02. The van der Waals surface area contributed by atoms with Crippen LogP contribution in [0.15, 0.2) is 48.5 Å². The molecule has 0 spiro atoms. The molecule has 1 saturated heterocycles. The Bertz CT molecular complexity index is 888. The number of carbonyl (C=O) groups excluding carboxylic acids is 2. The lowest BCUT2D eigenvalue weighted by molar-refractivity contribution is -0.123. The number of carbonyl (C=O) groups is 2. The maximum absolute atomic E-state index is 13.8. The summed E-state index contributed by atoms with van der Waals surface area (Å²) in [5.74, 6) is -0.738. The summed E-state index contributed by atoms with van der Waals surface area (Å²) < 4.78 is 19.3. The van der Waals surface area contributed by atoms with Crippen LogP contribution in [0.2, 0.25) is 5.02 Å². The molecule has 3 rings (SSSR count). The zero-order chi connectivity index (χ0) is 22.2. The summed E-state index contributed by atoms with van der Waals surface area (Å²) in [6.07, 6.45) is 0.0835. The van der Waals surface area contributed by atoms with E-state index in [1.807, 2.05) is 6.07 Å². The van der Waals surface area contributed by atoms with E-state index in [0.29, 0.717) is 37.9 Å². The number of nitrogens with one attached hydrogen (secondary N) is 2. The first kappa shape index (κ1) is 23.2. The van der Waals surface area contributed by atoms with E-state index < -0.39 is 6.04 Å². The summed E-state index contributed by atoms with van der Waals surface area (Å²) in [5.41, 5.74) is 1.60. The monoisotopic (exact) mass is 447 g/mol. The van der Waals surface area contributed by atoms with Gasteiger partial charge in [-0.1, -0.05) is 35.9 Å². The van der Waals surface area contributed by atoms with Crippen LogP contribution in [0, 0.1) is 5.82 Å². The van der Waals surface area contributed by atoms with Crippen molar-refractivity contribution in [3.05, 3.63) is 70.5 Å². The summed E-state index contributed by atoms with van der Waals surface area (Å²) in [5, 5.41) is 6.36. The first-order valence-corrected chi connectivity index (χ1v) is 10.7. The Labute approximate surface area is 186 Å². The minimum Gasteiger partial charge on any atom is -0.379 e. The van der Waals surface area contributed by atoms with Crippen LogP contribution in [0.1, 0.15) is 36.6 Å². The number of rotatable bonds is 8. The molecule has 8 heteroatoms. The topological polar surface area (TPSA) is 70.7 Å². The van der Waals surface area contributed by atoms with E-state index in [9.17, 15) is 14.0 Å². The molecule has 0 bridgehead atoms. The molecule has 2 unspecified atom stereocenters. The Morgan fingerprint density at radius 2 is 1.84 bits per heavy atom. The van der Waals surface area contributed by atoms with E-state index in [0.717, 1.165) is 11.1 Å². The van der Waals surface area contributed by atoms with Gasteiger partial charge < -0.3 is 15.4 Å². The lowest BCUT2D eigenvalue weighted by atomic mass is 10.0. The van der Waals surface area contributed by atoms with Gasteiger partial charge in [-0.05, 0) is 35.4 Å². The highest BCUT2D eigenvalue weighted by Gasteiger charge is 2.24. The van der Waals surface area contributed by atoms with Crippen LogP contribution < -0.4 is 10.6 Å². The molecule has 166 valence electrons. The van der Waals surface area contributed by atoms with Crippen LogP contribution in [0.3, 0.4) is 0 Å². The molecule has 0 radical (unpaired) electrons. The van der Waals surface area contributed by atoms with Crippen LogP contribution in [0.25, 0.3) is 0 Å². The van der Waals surface area contributed by atoms with Gasteiger partial charge in [0.25, 0.3) is 0 Å². The Morgan fingerprint density at radius 1 is 1.13 bits per heavy atom. The Morgan fingerprint density at radius 3 is 2.48 bits per heavy atom.